The maximum absolute atomic E-state index is 12.9. The SMILES string of the molecule is CCOC(=O)[C@H](NS(=O)(=O)c1ccc(C)cc1)[C@H]1C[C@H](c2ccccc2)O[C@@H]1C#N. The second-order valence-electron chi connectivity index (χ2n) is 7.15. The first-order valence-corrected chi connectivity index (χ1v) is 11.2. The van der Waals surface area contributed by atoms with Crippen LogP contribution in [-0.4, -0.2) is 33.1 Å². The van der Waals surface area contributed by atoms with Gasteiger partial charge in [0.2, 0.25) is 10.0 Å². The van der Waals surface area contributed by atoms with E-state index in [1.165, 1.54) is 12.1 Å². The first kappa shape index (κ1) is 22.0. The van der Waals surface area contributed by atoms with Crippen LogP contribution in [0.5, 0.6) is 0 Å². The maximum Gasteiger partial charge on any atom is 0.324 e. The number of rotatable bonds is 7. The number of hydrogen-bond acceptors (Lipinski definition) is 6. The molecule has 1 aliphatic rings. The number of sulfonamides is 1. The molecular weight excluding hydrogens is 404 g/mol. The lowest BCUT2D eigenvalue weighted by molar-refractivity contribution is -0.146. The van der Waals surface area contributed by atoms with E-state index < -0.39 is 40.2 Å². The third kappa shape index (κ3) is 4.87. The van der Waals surface area contributed by atoms with Gasteiger partial charge in [-0.05, 0) is 38.0 Å². The fourth-order valence-corrected chi connectivity index (χ4v) is 4.75. The monoisotopic (exact) mass is 428 g/mol. The van der Waals surface area contributed by atoms with Crippen molar-refractivity contribution in [1.29, 1.82) is 5.26 Å². The van der Waals surface area contributed by atoms with Crippen LogP contribution in [0.15, 0.2) is 59.5 Å². The first-order valence-electron chi connectivity index (χ1n) is 9.71. The molecule has 7 nitrogen and oxygen atoms in total. The number of nitrogens with one attached hydrogen (secondary N) is 1. The summed E-state index contributed by atoms with van der Waals surface area (Å²) in [5.41, 5.74) is 1.78. The van der Waals surface area contributed by atoms with Gasteiger partial charge in [-0.25, -0.2) is 8.42 Å². The van der Waals surface area contributed by atoms with E-state index >= 15 is 0 Å². The summed E-state index contributed by atoms with van der Waals surface area (Å²) in [4.78, 5) is 12.7. The molecule has 0 bridgehead atoms. The van der Waals surface area contributed by atoms with Crippen LogP contribution in [0.2, 0.25) is 0 Å². The molecule has 0 saturated carbocycles. The van der Waals surface area contributed by atoms with Crippen LogP contribution in [-0.2, 0) is 24.3 Å². The summed E-state index contributed by atoms with van der Waals surface area (Å²) < 4.78 is 39.3. The zero-order chi connectivity index (χ0) is 21.7. The van der Waals surface area contributed by atoms with Crippen molar-refractivity contribution in [3.05, 3.63) is 65.7 Å². The zero-order valence-corrected chi connectivity index (χ0v) is 17.6. The Morgan fingerprint density at radius 3 is 2.50 bits per heavy atom. The van der Waals surface area contributed by atoms with Gasteiger partial charge in [0.15, 0.2) is 0 Å². The molecule has 1 aliphatic heterocycles. The van der Waals surface area contributed by atoms with E-state index in [2.05, 4.69) is 10.8 Å². The second-order valence-corrected chi connectivity index (χ2v) is 8.86. The Bertz CT molecular complexity index is 1020. The van der Waals surface area contributed by atoms with Gasteiger partial charge < -0.3 is 9.47 Å². The number of nitriles is 1. The lowest BCUT2D eigenvalue weighted by atomic mass is 9.90. The number of nitrogens with zero attached hydrogens (tertiary/aromatic N) is 1. The quantitative estimate of drug-likeness (QED) is 0.680. The predicted molar refractivity (Wildman–Crippen MR) is 110 cm³/mol. The van der Waals surface area contributed by atoms with E-state index in [1.54, 1.807) is 19.1 Å². The molecule has 3 rings (SSSR count). The summed E-state index contributed by atoms with van der Waals surface area (Å²) in [5, 5.41) is 9.60. The van der Waals surface area contributed by atoms with Gasteiger partial charge in [-0.3, -0.25) is 4.79 Å². The third-order valence-electron chi connectivity index (χ3n) is 5.07. The van der Waals surface area contributed by atoms with Crippen LogP contribution < -0.4 is 4.72 Å². The molecule has 1 saturated heterocycles. The first-order chi connectivity index (χ1) is 14.4. The summed E-state index contributed by atoms with van der Waals surface area (Å²) >= 11 is 0. The van der Waals surface area contributed by atoms with Crippen LogP contribution in [0.25, 0.3) is 0 Å². The highest BCUT2D eigenvalue weighted by Crippen LogP contribution is 2.39. The van der Waals surface area contributed by atoms with Gasteiger partial charge in [0, 0.05) is 5.92 Å². The fraction of sp³-hybridized carbons (Fsp3) is 0.364. The van der Waals surface area contributed by atoms with E-state index in [4.69, 9.17) is 9.47 Å². The van der Waals surface area contributed by atoms with Gasteiger partial charge in [-0.15, -0.1) is 0 Å². The number of esters is 1. The molecule has 0 spiro atoms. The van der Waals surface area contributed by atoms with Crippen molar-refractivity contribution in [3.63, 3.8) is 0 Å². The summed E-state index contributed by atoms with van der Waals surface area (Å²) in [6, 6.07) is 16.4. The molecular formula is C22H24N2O5S. The number of aryl methyl sites for hydroxylation is 1. The van der Waals surface area contributed by atoms with Gasteiger partial charge in [-0.2, -0.15) is 9.98 Å². The number of benzene rings is 2. The number of hydrogen-bond donors (Lipinski definition) is 1. The van der Waals surface area contributed by atoms with Crippen LogP contribution >= 0.6 is 0 Å². The molecule has 4 atom stereocenters. The van der Waals surface area contributed by atoms with Crippen molar-refractivity contribution in [2.45, 2.75) is 43.4 Å². The van der Waals surface area contributed by atoms with E-state index in [0.29, 0.717) is 6.42 Å². The van der Waals surface area contributed by atoms with Gasteiger partial charge in [0.1, 0.15) is 12.1 Å². The molecule has 0 aliphatic carbocycles. The van der Waals surface area contributed by atoms with Gasteiger partial charge in [0.05, 0.1) is 23.7 Å². The molecule has 158 valence electrons. The van der Waals surface area contributed by atoms with Crippen LogP contribution in [0.4, 0.5) is 0 Å². The lowest BCUT2D eigenvalue weighted by Crippen LogP contribution is -2.48. The Labute approximate surface area is 176 Å². The molecule has 1 heterocycles. The van der Waals surface area contributed by atoms with Crippen molar-refractivity contribution in [3.8, 4) is 6.07 Å². The Kier molecular flexibility index (Phi) is 6.87. The van der Waals surface area contributed by atoms with Gasteiger partial charge >= 0.3 is 5.97 Å². The minimum absolute atomic E-state index is 0.0365. The molecule has 0 amide bonds. The highest BCUT2D eigenvalue weighted by atomic mass is 32.2. The topological polar surface area (TPSA) is 105 Å². The summed E-state index contributed by atoms with van der Waals surface area (Å²) in [5.74, 6) is -1.42. The Hall–Kier alpha value is -2.73. The number of ether oxygens (including phenoxy) is 2. The Morgan fingerprint density at radius 2 is 1.90 bits per heavy atom. The molecule has 1 N–H and O–H groups in total. The minimum Gasteiger partial charge on any atom is -0.465 e. The largest absolute Gasteiger partial charge is 0.465 e. The predicted octanol–water partition coefficient (Wildman–Crippen LogP) is 2.88. The molecule has 30 heavy (non-hydrogen) atoms. The minimum atomic E-state index is -4.01. The van der Waals surface area contributed by atoms with Gasteiger partial charge in [0.25, 0.3) is 0 Å². The second kappa shape index (κ2) is 9.39. The Morgan fingerprint density at radius 1 is 1.23 bits per heavy atom. The number of carbonyl (C=O) groups is 1. The molecule has 0 aromatic heterocycles. The van der Waals surface area contributed by atoms with E-state index in [-0.39, 0.29) is 11.5 Å². The summed E-state index contributed by atoms with van der Waals surface area (Å²) in [7, 11) is -4.01. The number of carbonyl (C=O) groups excluding carboxylic acids is 1. The van der Waals surface area contributed by atoms with Gasteiger partial charge in [-0.1, -0.05) is 48.0 Å². The smallest absolute Gasteiger partial charge is 0.324 e. The lowest BCUT2D eigenvalue weighted by Gasteiger charge is -2.23. The standard InChI is InChI=1S/C22H24N2O5S/c1-3-28-22(25)21(24-30(26,27)17-11-9-15(2)10-12-17)18-13-19(29-20(18)14-23)16-7-5-4-6-8-16/h4-12,18-21,24H,3,13H2,1-2H3/t18-,19+,20+,21+/m0/s1. The van der Waals surface area contributed by atoms with Crippen LogP contribution in [0.1, 0.15) is 30.6 Å². The highest BCUT2D eigenvalue weighted by molar-refractivity contribution is 7.89. The van der Waals surface area contributed by atoms with E-state index in [9.17, 15) is 18.5 Å². The molecule has 0 radical (unpaired) electrons. The van der Waals surface area contributed by atoms with Crippen molar-refractivity contribution in [2.24, 2.45) is 5.92 Å². The molecule has 8 heteroatoms. The molecule has 1 fully saturated rings. The van der Waals surface area contributed by atoms with Crippen molar-refractivity contribution in [1.82, 2.24) is 4.72 Å². The fourth-order valence-electron chi connectivity index (χ4n) is 3.52. The highest BCUT2D eigenvalue weighted by Gasteiger charge is 2.45. The molecule has 0 unspecified atom stereocenters. The van der Waals surface area contributed by atoms with Crippen molar-refractivity contribution < 1.29 is 22.7 Å². The average Bonchev–Trinajstić information content (AvgIpc) is 3.17. The zero-order valence-electron chi connectivity index (χ0n) is 16.8. The Balaban J connectivity index is 1.90. The summed E-state index contributed by atoms with van der Waals surface area (Å²) in [6.07, 6.45) is -1.06. The molecule has 2 aromatic carbocycles. The normalized spacial score (nSPS) is 22.2. The van der Waals surface area contributed by atoms with E-state index in [1.807, 2.05) is 37.3 Å². The van der Waals surface area contributed by atoms with Crippen LogP contribution in [0, 0.1) is 24.2 Å². The van der Waals surface area contributed by atoms with Crippen LogP contribution in [0.3, 0.4) is 0 Å². The van der Waals surface area contributed by atoms with E-state index in [0.717, 1.165) is 11.1 Å². The maximum atomic E-state index is 12.9. The summed E-state index contributed by atoms with van der Waals surface area (Å²) in [6.45, 7) is 3.58. The van der Waals surface area contributed by atoms with Crippen molar-refractivity contribution in [2.75, 3.05) is 6.61 Å². The van der Waals surface area contributed by atoms with Crippen molar-refractivity contribution >= 4 is 16.0 Å². The molecule has 2 aromatic rings. The third-order valence-corrected chi connectivity index (χ3v) is 6.52. The average molecular weight is 429 g/mol.